The van der Waals surface area contributed by atoms with Crippen LogP contribution < -0.4 is 10.1 Å². The van der Waals surface area contributed by atoms with Gasteiger partial charge in [-0.2, -0.15) is 0 Å². The van der Waals surface area contributed by atoms with Crippen LogP contribution in [0.1, 0.15) is 35.7 Å². The largest absolute Gasteiger partial charge is 0.487 e. The van der Waals surface area contributed by atoms with Gasteiger partial charge in [0.15, 0.2) is 0 Å². The first-order valence-electron chi connectivity index (χ1n) is 7.45. The van der Waals surface area contributed by atoms with Gasteiger partial charge in [-0.05, 0) is 26.3 Å². The fraction of sp³-hybridized carbons (Fsp3) is 0.471. The predicted molar refractivity (Wildman–Crippen MR) is 87.1 cm³/mol. The highest BCUT2D eigenvalue weighted by atomic mass is 32.1. The van der Waals surface area contributed by atoms with Gasteiger partial charge in [-0.1, -0.05) is 18.2 Å². The van der Waals surface area contributed by atoms with Crippen LogP contribution in [-0.4, -0.2) is 17.1 Å². The van der Waals surface area contributed by atoms with Gasteiger partial charge in [0.25, 0.3) is 0 Å². The minimum Gasteiger partial charge on any atom is -0.487 e. The number of ether oxygens (including phenoxy) is 1. The minimum absolute atomic E-state index is 0.0726. The Kier molecular flexibility index (Phi) is 4.00. The number of aromatic nitrogens is 1. The lowest BCUT2D eigenvalue weighted by atomic mass is 10.0. The summed E-state index contributed by atoms with van der Waals surface area (Å²) in [6.07, 6.45) is 1.98. The summed E-state index contributed by atoms with van der Waals surface area (Å²) in [4.78, 5) is 4.49. The summed E-state index contributed by atoms with van der Waals surface area (Å²) in [6, 6.07) is 6.46. The third kappa shape index (κ3) is 3.44. The van der Waals surface area contributed by atoms with E-state index >= 15 is 0 Å². The number of fused-ring (bicyclic) bond motifs is 1. The van der Waals surface area contributed by atoms with Crippen LogP contribution in [0.5, 0.6) is 5.75 Å². The van der Waals surface area contributed by atoms with Crippen molar-refractivity contribution in [1.82, 2.24) is 10.3 Å². The molecule has 0 aliphatic carbocycles. The summed E-state index contributed by atoms with van der Waals surface area (Å²) < 4.78 is 6.09. The van der Waals surface area contributed by atoms with E-state index < -0.39 is 0 Å². The molecule has 4 heteroatoms. The molecule has 3 rings (SSSR count). The maximum atomic E-state index is 6.09. The lowest BCUT2D eigenvalue weighted by Gasteiger charge is -2.18. The van der Waals surface area contributed by atoms with Crippen molar-refractivity contribution in [2.24, 2.45) is 0 Å². The van der Waals surface area contributed by atoms with Gasteiger partial charge >= 0.3 is 0 Å². The van der Waals surface area contributed by atoms with Crippen LogP contribution in [0.15, 0.2) is 23.6 Å². The maximum absolute atomic E-state index is 6.09. The van der Waals surface area contributed by atoms with Crippen molar-refractivity contribution in [2.75, 3.05) is 6.54 Å². The zero-order valence-electron chi connectivity index (χ0n) is 12.9. The van der Waals surface area contributed by atoms with Gasteiger partial charge in [-0.15, -0.1) is 11.3 Å². The number of nitrogens with one attached hydrogen (secondary N) is 1. The van der Waals surface area contributed by atoms with Gasteiger partial charge < -0.3 is 10.1 Å². The van der Waals surface area contributed by atoms with Crippen LogP contribution >= 0.6 is 11.3 Å². The van der Waals surface area contributed by atoms with Crippen molar-refractivity contribution in [3.8, 4) is 5.75 Å². The van der Waals surface area contributed by atoms with Crippen molar-refractivity contribution in [2.45, 2.75) is 45.8 Å². The number of nitrogens with zero attached hydrogens (tertiary/aromatic N) is 1. The van der Waals surface area contributed by atoms with Crippen molar-refractivity contribution in [1.29, 1.82) is 0 Å². The topological polar surface area (TPSA) is 34.1 Å². The Hall–Kier alpha value is -1.39. The van der Waals surface area contributed by atoms with Crippen LogP contribution in [0.4, 0.5) is 0 Å². The van der Waals surface area contributed by atoms with Crippen molar-refractivity contribution in [3.63, 3.8) is 0 Å². The molecule has 1 aliphatic heterocycles. The molecule has 2 heterocycles. The van der Waals surface area contributed by atoms with E-state index in [1.165, 1.54) is 16.1 Å². The Morgan fingerprint density at radius 3 is 3.00 bits per heavy atom. The summed E-state index contributed by atoms with van der Waals surface area (Å²) in [6.45, 7) is 8.13. The highest BCUT2D eigenvalue weighted by molar-refractivity contribution is 7.09. The number of hydrogen-bond acceptors (Lipinski definition) is 4. The van der Waals surface area contributed by atoms with Gasteiger partial charge in [0, 0.05) is 42.6 Å². The monoisotopic (exact) mass is 302 g/mol. The molecular weight excluding hydrogens is 280 g/mol. The Balaban J connectivity index is 1.56. The zero-order valence-corrected chi connectivity index (χ0v) is 13.7. The molecule has 2 aromatic rings. The fourth-order valence-electron chi connectivity index (χ4n) is 2.75. The molecule has 0 fully saturated rings. The summed E-state index contributed by atoms with van der Waals surface area (Å²) in [5.74, 6) is 1.08. The number of para-hydroxylation sites is 1. The van der Waals surface area contributed by atoms with E-state index in [0.717, 1.165) is 37.4 Å². The van der Waals surface area contributed by atoms with E-state index in [4.69, 9.17) is 4.74 Å². The second kappa shape index (κ2) is 5.78. The number of benzene rings is 1. The molecule has 1 N–H and O–H groups in total. The highest BCUT2D eigenvalue weighted by Gasteiger charge is 2.31. The van der Waals surface area contributed by atoms with E-state index in [-0.39, 0.29) is 5.60 Å². The van der Waals surface area contributed by atoms with Crippen molar-refractivity contribution < 1.29 is 4.74 Å². The fourth-order valence-corrected chi connectivity index (χ4v) is 3.53. The molecule has 0 bridgehead atoms. The smallest absolute Gasteiger partial charge is 0.127 e. The molecule has 21 heavy (non-hydrogen) atoms. The molecule has 0 saturated carbocycles. The standard InChI is InChI=1S/C17H22N2OS/c1-12-11-21-15(19-12)7-8-18-10-14-6-4-5-13-9-17(2,3)20-16(13)14/h4-6,11,18H,7-10H2,1-3H3. The van der Waals surface area contributed by atoms with Crippen LogP contribution in [0, 0.1) is 6.92 Å². The van der Waals surface area contributed by atoms with Crippen LogP contribution in [0.25, 0.3) is 0 Å². The van der Waals surface area contributed by atoms with E-state index in [1.54, 1.807) is 11.3 Å². The first-order valence-corrected chi connectivity index (χ1v) is 8.33. The molecule has 3 nitrogen and oxygen atoms in total. The first-order chi connectivity index (χ1) is 10.0. The zero-order chi connectivity index (χ0) is 14.9. The molecule has 0 radical (unpaired) electrons. The molecule has 1 aromatic heterocycles. The molecule has 1 aromatic carbocycles. The molecule has 1 aliphatic rings. The Morgan fingerprint density at radius 1 is 1.38 bits per heavy atom. The molecule has 0 saturated heterocycles. The number of hydrogen-bond donors (Lipinski definition) is 1. The van der Waals surface area contributed by atoms with Crippen molar-refractivity contribution >= 4 is 11.3 Å². The van der Waals surface area contributed by atoms with Crippen LogP contribution in [0.2, 0.25) is 0 Å². The molecule has 0 atom stereocenters. The third-order valence-electron chi connectivity index (χ3n) is 3.67. The normalized spacial score (nSPS) is 15.8. The van der Waals surface area contributed by atoms with Gasteiger partial charge in [-0.3, -0.25) is 0 Å². The van der Waals surface area contributed by atoms with E-state index in [0.29, 0.717) is 0 Å². The molecular formula is C17H22N2OS. The van der Waals surface area contributed by atoms with Gasteiger partial charge in [0.05, 0.1) is 5.01 Å². The Morgan fingerprint density at radius 2 is 2.24 bits per heavy atom. The quantitative estimate of drug-likeness (QED) is 0.858. The second-order valence-corrected chi connectivity index (χ2v) is 7.20. The summed E-state index contributed by atoms with van der Waals surface area (Å²) >= 11 is 1.74. The van der Waals surface area contributed by atoms with Crippen LogP contribution in [-0.2, 0) is 19.4 Å². The van der Waals surface area contributed by atoms with E-state index in [1.807, 2.05) is 6.92 Å². The van der Waals surface area contributed by atoms with Gasteiger partial charge in [0.2, 0.25) is 0 Å². The van der Waals surface area contributed by atoms with Gasteiger partial charge in [0.1, 0.15) is 11.4 Å². The summed E-state index contributed by atoms with van der Waals surface area (Å²) in [5, 5.41) is 6.81. The first kappa shape index (κ1) is 14.5. The SMILES string of the molecule is Cc1csc(CCNCc2cccc3c2OC(C)(C)C3)n1. The minimum atomic E-state index is -0.0726. The average molecular weight is 302 g/mol. The van der Waals surface area contributed by atoms with Crippen molar-refractivity contribution in [3.05, 3.63) is 45.4 Å². The number of rotatable bonds is 5. The number of aryl methyl sites for hydroxylation is 1. The highest BCUT2D eigenvalue weighted by Crippen LogP contribution is 2.37. The van der Waals surface area contributed by atoms with E-state index in [9.17, 15) is 0 Å². The molecule has 0 unspecified atom stereocenters. The van der Waals surface area contributed by atoms with E-state index in [2.05, 4.69) is 47.7 Å². The maximum Gasteiger partial charge on any atom is 0.127 e. The second-order valence-electron chi connectivity index (χ2n) is 6.25. The van der Waals surface area contributed by atoms with Crippen LogP contribution in [0.3, 0.4) is 0 Å². The lowest BCUT2D eigenvalue weighted by Crippen LogP contribution is -2.25. The molecule has 112 valence electrons. The third-order valence-corrected chi connectivity index (χ3v) is 4.70. The predicted octanol–water partition coefficient (Wildman–Crippen LogP) is 3.50. The average Bonchev–Trinajstić information content (AvgIpc) is 2.96. The number of thiazole rings is 1. The Bertz CT molecular complexity index is 633. The molecule has 0 amide bonds. The molecule has 0 spiro atoms. The Labute approximate surface area is 130 Å². The van der Waals surface area contributed by atoms with Gasteiger partial charge in [-0.25, -0.2) is 4.98 Å². The summed E-state index contributed by atoms with van der Waals surface area (Å²) in [7, 11) is 0. The summed E-state index contributed by atoms with van der Waals surface area (Å²) in [5.41, 5.74) is 3.63. The lowest BCUT2D eigenvalue weighted by molar-refractivity contribution is 0.137.